The van der Waals surface area contributed by atoms with Crippen LogP contribution in [0.2, 0.25) is 0 Å². The van der Waals surface area contributed by atoms with Crippen LogP contribution < -0.4 is 10.4 Å². The van der Waals surface area contributed by atoms with Crippen LogP contribution in [0.3, 0.4) is 0 Å². The molecule has 4 aromatic carbocycles. The predicted molar refractivity (Wildman–Crippen MR) is 154 cm³/mol. The smallest absolute Gasteiger partial charge is 0.399 e. The van der Waals surface area contributed by atoms with Gasteiger partial charge in [0, 0.05) is 22.5 Å². The molecule has 1 fully saturated rings. The highest BCUT2D eigenvalue weighted by Crippen LogP contribution is 2.50. The molecule has 1 aliphatic heterocycles. The van der Waals surface area contributed by atoms with Crippen LogP contribution in [0, 0.1) is 0 Å². The zero-order valence-corrected chi connectivity index (χ0v) is 22.6. The lowest BCUT2D eigenvalue weighted by molar-refractivity contribution is 0.00578. The first-order valence-corrected chi connectivity index (χ1v) is 13.1. The summed E-state index contributed by atoms with van der Waals surface area (Å²) in [7, 11) is -0.364. The number of nitrogens with zero attached hydrogens (tertiary/aromatic N) is 1. The van der Waals surface area contributed by atoms with Crippen molar-refractivity contribution >= 4 is 29.6 Å². The maximum absolute atomic E-state index is 6.37. The van der Waals surface area contributed by atoms with Crippen LogP contribution in [0.25, 0.3) is 11.1 Å². The molecule has 6 rings (SSSR count). The molecule has 0 atom stereocenters. The van der Waals surface area contributed by atoms with Crippen LogP contribution in [0.4, 0.5) is 17.1 Å². The summed E-state index contributed by atoms with van der Waals surface area (Å²) in [6, 6.07) is 34.7. The van der Waals surface area contributed by atoms with E-state index < -0.39 is 0 Å². The van der Waals surface area contributed by atoms with E-state index in [1.807, 2.05) is 0 Å². The van der Waals surface area contributed by atoms with Crippen LogP contribution >= 0.6 is 0 Å². The monoisotopic (exact) mass is 487 g/mol. The molecular weight excluding hydrogens is 453 g/mol. The van der Waals surface area contributed by atoms with Gasteiger partial charge < -0.3 is 14.2 Å². The maximum atomic E-state index is 6.37. The highest BCUT2D eigenvalue weighted by atomic mass is 16.7. The number of fused-ring (bicyclic) bond motifs is 3. The van der Waals surface area contributed by atoms with E-state index in [2.05, 4.69) is 144 Å². The average molecular weight is 487 g/mol. The van der Waals surface area contributed by atoms with Crippen molar-refractivity contribution in [2.45, 2.75) is 58.2 Å². The second-order valence-electron chi connectivity index (χ2n) is 11.8. The summed E-state index contributed by atoms with van der Waals surface area (Å²) in [5.41, 5.74) is 8.89. The van der Waals surface area contributed by atoms with Gasteiger partial charge in [-0.3, -0.25) is 0 Å². The van der Waals surface area contributed by atoms with Crippen LogP contribution in [-0.2, 0) is 14.7 Å². The molecule has 1 heterocycles. The molecule has 0 unspecified atom stereocenters. The third kappa shape index (κ3) is 3.82. The Morgan fingerprint density at radius 2 is 1.03 bits per heavy atom. The van der Waals surface area contributed by atoms with Crippen molar-refractivity contribution in [2.75, 3.05) is 4.90 Å². The first-order valence-electron chi connectivity index (χ1n) is 13.1. The fraction of sp³-hybridized carbons (Fsp3) is 0.273. The molecule has 2 aliphatic rings. The number of anilines is 3. The lowest BCUT2D eigenvalue weighted by Crippen LogP contribution is -2.41. The molecule has 0 amide bonds. The molecule has 0 spiro atoms. The zero-order chi connectivity index (χ0) is 26.0. The molecule has 4 heteroatoms. The second kappa shape index (κ2) is 8.34. The summed E-state index contributed by atoms with van der Waals surface area (Å²) in [4.78, 5) is 2.33. The van der Waals surface area contributed by atoms with Crippen molar-refractivity contribution in [1.29, 1.82) is 0 Å². The first-order chi connectivity index (χ1) is 17.6. The normalized spacial score (nSPS) is 18.4. The summed E-state index contributed by atoms with van der Waals surface area (Å²) in [5.74, 6) is 0. The van der Waals surface area contributed by atoms with Crippen molar-refractivity contribution in [3.05, 3.63) is 108 Å². The lowest BCUT2D eigenvalue weighted by atomic mass is 9.74. The highest BCUT2D eigenvalue weighted by molar-refractivity contribution is 6.62. The van der Waals surface area contributed by atoms with Crippen LogP contribution in [0.5, 0.6) is 0 Å². The van der Waals surface area contributed by atoms with Gasteiger partial charge in [-0.25, -0.2) is 0 Å². The van der Waals surface area contributed by atoms with Crippen LogP contribution in [-0.4, -0.2) is 18.3 Å². The van der Waals surface area contributed by atoms with E-state index in [-0.39, 0.29) is 23.7 Å². The molecule has 0 bridgehead atoms. The molecule has 0 saturated carbocycles. The van der Waals surface area contributed by atoms with Crippen molar-refractivity contribution in [3.63, 3.8) is 0 Å². The molecule has 1 aliphatic carbocycles. The van der Waals surface area contributed by atoms with Crippen molar-refractivity contribution in [3.8, 4) is 11.1 Å². The van der Waals surface area contributed by atoms with Gasteiger partial charge in [0.15, 0.2) is 0 Å². The van der Waals surface area contributed by atoms with E-state index in [0.717, 1.165) is 22.5 Å². The van der Waals surface area contributed by atoms with Crippen LogP contribution in [0.15, 0.2) is 97.1 Å². The Morgan fingerprint density at radius 1 is 0.541 bits per heavy atom. The van der Waals surface area contributed by atoms with Gasteiger partial charge in [0.05, 0.1) is 11.2 Å². The largest absolute Gasteiger partial charge is 0.494 e. The second-order valence-corrected chi connectivity index (χ2v) is 11.8. The number of rotatable bonds is 4. The molecule has 4 aromatic rings. The van der Waals surface area contributed by atoms with E-state index in [9.17, 15) is 0 Å². The topological polar surface area (TPSA) is 21.7 Å². The minimum atomic E-state index is -0.364. The summed E-state index contributed by atoms with van der Waals surface area (Å²) < 4.78 is 12.7. The van der Waals surface area contributed by atoms with Gasteiger partial charge in [-0.05, 0) is 91.8 Å². The first kappa shape index (κ1) is 24.0. The number of hydrogen-bond acceptors (Lipinski definition) is 3. The van der Waals surface area contributed by atoms with Gasteiger partial charge in [0.25, 0.3) is 0 Å². The van der Waals surface area contributed by atoms with Crippen molar-refractivity contribution < 1.29 is 9.31 Å². The van der Waals surface area contributed by atoms with Crippen molar-refractivity contribution in [2.24, 2.45) is 0 Å². The number of hydrogen-bond donors (Lipinski definition) is 0. The van der Waals surface area contributed by atoms with Crippen molar-refractivity contribution in [1.82, 2.24) is 0 Å². The fourth-order valence-corrected chi connectivity index (χ4v) is 5.61. The number of para-hydroxylation sites is 2. The minimum absolute atomic E-state index is 0.153. The summed E-state index contributed by atoms with van der Waals surface area (Å²) in [6.07, 6.45) is 0. The molecular formula is C33H34BNO2. The molecule has 186 valence electrons. The molecule has 0 radical (unpaired) electrons. The summed E-state index contributed by atoms with van der Waals surface area (Å²) in [5, 5.41) is 0. The van der Waals surface area contributed by atoms with Gasteiger partial charge >= 0.3 is 7.12 Å². The SMILES string of the molecule is CC1(C)c2cc(B3OC(C)(C)C(C)(C)O3)ccc2-c2ccc(N(c3ccccc3)c3ccccc3)cc21. The maximum Gasteiger partial charge on any atom is 0.494 e. The van der Waals surface area contributed by atoms with E-state index in [1.165, 1.54) is 22.3 Å². The quantitative estimate of drug-likeness (QED) is 0.275. The summed E-state index contributed by atoms with van der Waals surface area (Å²) >= 11 is 0. The Balaban J connectivity index is 1.42. The molecule has 3 nitrogen and oxygen atoms in total. The Kier molecular flexibility index (Phi) is 5.42. The molecule has 0 aromatic heterocycles. The third-order valence-electron chi connectivity index (χ3n) is 8.50. The lowest BCUT2D eigenvalue weighted by Gasteiger charge is -2.32. The van der Waals surface area contributed by atoms with E-state index >= 15 is 0 Å². The minimum Gasteiger partial charge on any atom is -0.399 e. The molecule has 1 saturated heterocycles. The standard InChI is InChI=1S/C33H34BNO2/c1-31(2)29-21-23(34-36-32(3,4)33(5,6)37-34)17-19-27(29)28-20-18-26(22-30(28)31)35(24-13-9-7-10-14-24)25-15-11-8-12-16-25/h7-22H,1-6H3. The number of benzene rings is 4. The van der Waals surface area contributed by atoms with Gasteiger partial charge in [-0.1, -0.05) is 74.5 Å². The predicted octanol–water partition coefficient (Wildman–Crippen LogP) is 7.76. The third-order valence-corrected chi connectivity index (χ3v) is 8.50. The Labute approximate surface area is 221 Å². The van der Waals surface area contributed by atoms with Gasteiger partial charge in [0.1, 0.15) is 0 Å². The van der Waals surface area contributed by atoms with E-state index in [4.69, 9.17) is 9.31 Å². The van der Waals surface area contributed by atoms with Crippen LogP contribution in [0.1, 0.15) is 52.7 Å². The van der Waals surface area contributed by atoms with E-state index in [1.54, 1.807) is 0 Å². The van der Waals surface area contributed by atoms with Gasteiger partial charge in [-0.15, -0.1) is 0 Å². The Bertz CT molecular complexity index is 1410. The van der Waals surface area contributed by atoms with E-state index in [0.29, 0.717) is 0 Å². The highest BCUT2D eigenvalue weighted by Gasteiger charge is 2.52. The Hall–Kier alpha value is -3.34. The summed E-state index contributed by atoms with van der Waals surface area (Å²) in [6.45, 7) is 13.1. The molecule has 37 heavy (non-hydrogen) atoms. The fourth-order valence-electron chi connectivity index (χ4n) is 5.61. The Morgan fingerprint density at radius 3 is 1.57 bits per heavy atom. The average Bonchev–Trinajstić information content (AvgIpc) is 3.25. The van der Waals surface area contributed by atoms with Gasteiger partial charge in [-0.2, -0.15) is 0 Å². The zero-order valence-electron chi connectivity index (χ0n) is 22.6. The molecule has 0 N–H and O–H groups in total. The van der Waals surface area contributed by atoms with Gasteiger partial charge in [0.2, 0.25) is 0 Å².